The minimum atomic E-state index is -0.576. The molecule has 1 aromatic heterocycles. The lowest BCUT2D eigenvalue weighted by atomic mass is 9.69. The highest BCUT2D eigenvalue weighted by Gasteiger charge is 2.43. The van der Waals surface area contributed by atoms with Crippen molar-refractivity contribution in [2.45, 2.75) is 58.5 Å². The summed E-state index contributed by atoms with van der Waals surface area (Å²) in [7, 11) is 1.67. The largest absolute Gasteiger partial charge is 0.370 e. The van der Waals surface area contributed by atoms with E-state index in [1.807, 2.05) is 12.3 Å². The monoisotopic (exact) mass is 281 g/mol. The van der Waals surface area contributed by atoms with Crippen molar-refractivity contribution in [2.24, 2.45) is 5.41 Å². The lowest BCUT2D eigenvalue weighted by molar-refractivity contribution is -0.147. The van der Waals surface area contributed by atoms with Crippen LogP contribution in [0.4, 0.5) is 0 Å². The van der Waals surface area contributed by atoms with Gasteiger partial charge in [0.25, 0.3) is 0 Å². The Morgan fingerprint density at radius 1 is 1.37 bits per heavy atom. The minimum Gasteiger partial charge on any atom is -0.370 e. The van der Waals surface area contributed by atoms with E-state index in [2.05, 4.69) is 18.8 Å². The molecule has 1 saturated carbocycles. The lowest BCUT2D eigenvalue weighted by Crippen LogP contribution is -2.46. The summed E-state index contributed by atoms with van der Waals surface area (Å²) >= 11 is 1.60. The Balaban J connectivity index is 2.07. The van der Waals surface area contributed by atoms with E-state index >= 15 is 0 Å². The molecule has 0 saturated heterocycles. The fourth-order valence-corrected chi connectivity index (χ4v) is 3.36. The van der Waals surface area contributed by atoms with Crippen LogP contribution < -0.4 is 0 Å². The molecule has 19 heavy (non-hydrogen) atoms. The van der Waals surface area contributed by atoms with Crippen LogP contribution in [0.15, 0.2) is 5.38 Å². The molecule has 106 valence electrons. The van der Waals surface area contributed by atoms with Crippen LogP contribution in [0.2, 0.25) is 0 Å². The van der Waals surface area contributed by atoms with Gasteiger partial charge in [-0.15, -0.1) is 11.3 Å². The quantitative estimate of drug-likeness (QED) is 0.847. The first-order valence-corrected chi connectivity index (χ1v) is 7.74. The van der Waals surface area contributed by atoms with Crippen LogP contribution in [-0.4, -0.2) is 23.5 Å². The van der Waals surface area contributed by atoms with Crippen LogP contribution in [0, 0.1) is 12.3 Å². The van der Waals surface area contributed by atoms with Crippen LogP contribution >= 0.6 is 11.3 Å². The smallest absolute Gasteiger partial charge is 0.170 e. The Morgan fingerprint density at radius 3 is 2.47 bits per heavy atom. The predicted octanol–water partition coefficient (Wildman–Crippen LogP) is 3.55. The minimum absolute atomic E-state index is 0.191. The summed E-state index contributed by atoms with van der Waals surface area (Å²) in [5.41, 5.74) is 0.640. The number of rotatable bonds is 4. The second-order valence-electron chi connectivity index (χ2n) is 6.32. The first-order chi connectivity index (χ1) is 8.87. The molecule has 2 rings (SSSR count). The second kappa shape index (κ2) is 5.33. The highest BCUT2D eigenvalue weighted by molar-refractivity contribution is 7.09. The van der Waals surface area contributed by atoms with E-state index in [1.165, 1.54) is 0 Å². The van der Waals surface area contributed by atoms with E-state index in [-0.39, 0.29) is 5.78 Å². The zero-order valence-electron chi connectivity index (χ0n) is 12.3. The normalized spacial score (nSPS) is 21.3. The maximum atomic E-state index is 12.6. The molecule has 0 amide bonds. The lowest BCUT2D eigenvalue weighted by Gasteiger charge is -2.41. The molecule has 1 aliphatic rings. The molecule has 1 aliphatic carbocycles. The topological polar surface area (TPSA) is 39.2 Å². The number of aryl methyl sites for hydroxylation is 1. The molecule has 0 aliphatic heterocycles. The van der Waals surface area contributed by atoms with E-state index in [9.17, 15) is 4.79 Å². The number of methoxy groups -OCH3 is 1. The molecule has 3 nitrogen and oxygen atoms in total. The van der Waals surface area contributed by atoms with Gasteiger partial charge in [0.2, 0.25) is 0 Å². The maximum Gasteiger partial charge on any atom is 0.170 e. The fourth-order valence-electron chi connectivity index (χ4n) is 2.74. The van der Waals surface area contributed by atoms with E-state index < -0.39 is 5.60 Å². The molecule has 0 atom stereocenters. The van der Waals surface area contributed by atoms with Crippen molar-refractivity contribution in [3.8, 4) is 0 Å². The summed E-state index contributed by atoms with van der Waals surface area (Å²) in [5, 5.41) is 2.99. The average Bonchev–Trinajstić information content (AvgIpc) is 2.75. The summed E-state index contributed by atoms with van der Waals surface area (Å²) < 4.78 is 5.64. The van der Waals surface area contributed by atoms with Gasteiger partial charge < -0.3 is 4.74 Å². The van der Waals surface area contributed by atoms with Gasteiger partial charge in [0.1, 0.15) is 5.60 Å². The standard InChI is InChI=1S/C15H23NO2S/c1-11-16-12(10-19-11)9-13(17)15(18-4)7-5-14(2,3)6-8-15/h10H,5-9H2,1-4H3. The molecule has 0 unspecified atom stereocenters. The summed E-state index contributed by atoms with van der Waals surface area (Å²) in [6.45, 7) is 6.50. The second-order valence-corrected chi connectivity index (χ2v) is 7.38. The maximum absolute atomic E-state index is 12.6. The van der Waals surface area contributed by atoms with Crippen molar-refractivity contribution in [3.05, 3.63) is 16.1 Å². The third-order valence-electron chi connectivity index (χ3n) is 4.32. The van der Waals surface area contributed by atoms with Crippen molar-refractivity contribution in [1.82, 2.24) is 4.98 Å². The van der Waals surface area contributed by atoms with Crippen molar-refractivity contribution in [1.29, 1.82) is 0 Å². The van der Waals surface area contributed by atoms with Gasteiger partial charge >= 0.3 is 0 Å². The fraction of sp³-hybridized carbons (Fsp3) is 0.733. The van der Waals surface area contributed by atoms with Gasteiger partial charge in [0, 0.05) is 12.5 Å². The summed E-state index contributed by atoms with van der Waals surface area (Å²) in [4.78, 5) is 17.0. The third-order valence-corrected chi connectivity index (χ3v) is 5.14. The molecule has 0 spiro atoms. The zero-order chi connectivity index (χ0) is 14.1. The van der Waals surface area contributed by atoms with Crippen molar-refractivity contribution < 1.29 is 9.53 Å². The Kier molecular flexibility index (Phi) is 4.11. The van der Waals surface area contributed by atoms with Crippen LogP contribution in [-0.2, 0) is 16.0 Å². The highest BCUT2D eigenvalue weighted by atomic mass is 32.1. The Hall–Kier alpha value is -0.740. The van der Waals surface area contributed by atoms with E-state index in [0.29, 0.717) is 11.8 Å². The number of aromatic nitrogens is 1. The van der Waals surface area contributed by atoms with Crippen LogP contribution in [0.25, 0.3) is 0 Å². The Bertz CT molecular complexity index is 454. The number of hydrogen-bond acceptors (Lipinski definition) is 4. The zero-order valence-corrected chi connectivity index (χ0v) is 13.1. The van der Waals surface area contributed by atoms with Gasteiger partial charge in [0.15, 0.2) is 5.78 Å². The molecule has 0 N–H and O–H groups in total. The first kappa shape index (κ1) is 14.7. The summed E-state index contributed by atoms with van der Waals surface area (Å²) in [6.07, 6.45) is 4.15. The molecule has 0 aromatic carbocycles. The number of ketones is 1. The van der Waals surface area contributed by atoms with Crippen molar-refractivity contribution in [2.75, 3.05) is 7.11 Å². The molecule has 0 radical (unpaired) electrons. The Labute approximate surface area is 119 Å². The number of carbonyl (C=O) groups excluding carboxylic acids is 1. The van der Waals surface area contributed by atoms with Crippen molar-refractivity contribution in [3.63, 3.8) is 0 Å². The third kappa shape index (κ3) is 3.23. The van der Waals surface area contributed by atoms with Gasteiger partial charge in [-0.2, -0.15) is 0 Å². The van der Waals surface area contributed by atoms with E-state index in [4.69, 9.17) is 4.74 Å². The number of ether oxygens (including phenoxy) is 1. The molecule has 1 aromatic rings. The van der Waals surface area contributed by atoms with Gasteiger partial charge in [-0.1, -0.05) is 13.8 Å². The molecule has 4 heteroatoms. The molecular weight excluding hydrogens is 258 g/mol. The van der Waals surface area contributed by atoms with Crippen LogP contribution in [0.1, 0.15) is 50.2 Å². The number of nitrogens with zero attached hydrogens (tertiary/aromatic N) is 1. The summed E-state index contributed by atoms with van der Waals surface area (Å²) in [6, 6.07) is 0. The van der Waals surface area contributed by atoms with Crippen molar-refractivity contribution >= 4 is 17.1 Å². The summed E-state index contributed by atoms with van der Waals surface area (Å²) in [5.74, 6) is 0.191. The predicted molar refractivity (Wildman–Crippen MR) is 77.6 cm³/mol. The number of thiazole rings is 1. The average molecular weight is 281 g/mol. The van der Waals surface area contributed by atoms with Gasteiger partial charge in [-0.05, 0) is 38.0 Å². The van der Waals surface area contributed by atoms with Gasteiger partial charge in [-0.3, -0.25) is 4.79 Å². The molecule has 0 bridgehead atoms. The van der Waals surface area contributed by atoms with Crippen LogP contribution in [0.5, 0.6) is 0 Å². The first-order valence-electron chi connectivity index (χ1n) is 6.86. The molecule has 1 heterocycles. The van der Waals surface area contributed by atoms with E-state index in [1.54, 1.807) is 18.4 Å². The highest BCUT2D eigenvalue weighted by Crippen LogP contribution is 2.42. The number of carbonyl (C=O) groups is 1. The number of hydrogen-bond donors (Lipinski definition) is 0. The number of Topliss-reactive ketones (excluding diaryl/α,β-unsaturated/α-hetero) is 1. The van der Waals surface area contributed by atoms with Gasteiger partial charge in [-0.25, -0.2) is 4.98 Å². The molecular formula is C15H23NO2S. The van der Waals surface area contributed by atoms with E-state index in [0.717, 1.165) is 36.4 Å². The van der Waals surface area contributed by atoms with Crippen LogP contribution in [0.3, 0.4) is 0 Å². The molecule has 1 fully saturated rings. The van der Waals surface area contributed by atoms with Gasteiger partial charge in [0.05, 0.1) is 17.1 Å². The SMILES string of the molecule is COC1(C(=O)Cc2csc(C)n2)CCC(C)(C)CC1. The Morgan fingerprint density at radius 2 is 2.00 bits per heavy atom.